The Morgan fingerprint density at radius 2 is 2.00 bits per heavy atom. The van der Waals surface area contributed by atoms with E-state index in [4.69, 9.17) is 21.1 Å². The summed E-state index contributed by atoms with van der Waals surface area (Å²) in [6.45, 7) is 3.13. The van der Waals surface area contributed by atoms with Gasteiger partial charge in [-0.25, -0.2) is 0 Å². The van der Waals surface area contributed by atoms with E-state index >= 15 is 0 Å². The minimum atomic E-state index is 0.0615. The number of nitrogens with zero attached hydrogens (tertiary/aromatic N) is 1. The van der Waals surface area contributed by atoms with Gasteiger partial charge >= 0.3 is 0 Å². The summed E-state index contributed by atoms with van der Waals surface area (Å²) < 4.78 is 11.3. The first-order valence-electron chi connectivity index (χ1n) is 9.84. The van der Waals surface area contributed by atoms with Crippen molar-refractivity contribution in [1.82, 2.24) is 10.2 Å². The van der Waals surface area contributed by atoms with Crippen LogP contribution in [-0.2, 0) is 11.2 Å². The van der Waals surface area contributed by atoms with Gasteiger partial charge in [-0.1, -0.05) is 29.8 Å². The number of amides is 1. The average molecular weight is 401 g/mol. The lowest BCUT2D eigenvalue weighted by Gasteiger charge is -2.26. The van der Waals surface area contributed by atoms with Crippen LogP contribution in [0.5, 0.6) is 11.5 Å². The fraction of sp³-hybridized carbons (Fsp3) is 0.409. The van der Waals surface area contributed by atoms with Gasteiger partial charge in [0.2, 0.25) is 5.91 Å². The van der Waals surface area contributed by atoms with Crippen molar-refractivity contribution in [3.8, 4) is 11.5 Å². The number of likely N-dealkylation sites (tertiary alicyclic amines) is 1. The summed E-state index contributed by atoms with van der Waals surface area (Å²) in [5, 5.41) is 3.76. The number of hydrogen-bond acceptors (Lipinski definition) is 4. The third-order valence-corrected chi connectivity index (χ3v) is 5.52. The fourth-order valence-electron chi connectivity index (χ4n) is 3.94. The minimum Gasteiger partial charge on any atom is -0.486 e. The Labute approximate surface area is 170 Å². The highest BCUT2D eigenvalue weighted by Gasteiger charge is 2.28. The molecule has 6 heteroatoms. The third-order valence-electron chi connectivity index (χ3n) is 5.29. The molecule has 0 spiro atoms. The maximum atomic E-state index is 12.4. The van der Waals surface area contributed by atoms with Crippen molar-refractivity contribution in [2.75, 3.05) is 32.8 Å². The number of carbonyl (C=O) groups excluding carboxylic acids is 1. The fourth-order valence-corrected chi connectivity index (χ4v) is 4.15. The van der Waals surface area contributed by atoms with Crippen LogP contribution in [0.15, 0.2) is 42.5 Å². The molecule has 0 radical (unpaired) electrons. The molecule has 2 aliphatic rings. The van der Waals surface area contributed by atoms with Crippen LogP contribution in [0.1, 0.15) is 30.0 Å². The number of hydrogen-bond donors (Lipinski definition) is 1. The second-order valence-corrected chi connectivity index (χ2v) is 7.70. The van der Waals surface area contributed by atoms with Gasteiger partial charge in [-0.15, -0.1) is 0 Å². The summed E-state index contributed by atoms with van der Waals surface area (Å²) >= 11 is 6.01. The SMILES string of the molecule is O=C(CN1CCC[C@H]1c1ccc2c(c1)OCCO2)NCCc1cccc(Cl)c1. The van der Waals surface area contributed by atoms with Crippen molar-refractivity contribution in [3.05, 3.63) is 58.6 Å². The predicted molar refractivity (Wildman–Crippen MR) is 109 cm³/mol. The molecule has 1 amide bonds. The van der Waals surface area contributed by atoms with Crippen LogP contribution in [0.2, 0.25) is 5.02 Å². The Morgan fingerprint density at radius 1 is 1.14 bits per heavy atom. The molecule has 148 valence electrons. The molecule has 2 heterocycles. The summed E-state index contributed by atoms with van der Waals surface area (Å²) in [5.41, 5.74) is 2.32. The van der Waals surface area contributed by atoms with Crippen LogP contribution in [0, 0.1) is 0 Å². The molecule has 0 saturated carbocycles. The summed E-state index contributed by atoms with van der Waals surface area (Å²) in [7, 11) is 0. The van der Waals surface area contributed by atoms with E-state index in [-0.39, 0.29) is 11.9 Å². The molecule has 1 N–H and O–H groups in total. The van der Waals surface area contributed by atoms with Crippen molar-refractivity contribution >= 4 is 17.5 Å². The number of rotatable bonds is 6. The molecule has 2 aliphatic heterocycles. The van der Waals surface area contributed by atoms with Gasteiger partial charge in [0.25, 0.3) is 0 Å². The average Bonchev–Trinajstić information content (AvgIpc) is 3.15. The number of carbonyl (C=O) groups is 1. The Bertz CT molecular complexity index is 842. The van der Waals surface area contributed by atoms with Crippen molar-refractivity contribution in [1.29, 1.82) is 0 Å². The summed E-state index contributed by atoms with van der Waals surface area (Å²) in [5.74, 6) is 1.67. The van der Waals surface area contributed by atoms with Gasteiger partial charge in [0.05, 0.1) is 6.54 Å². The lowest BCUT2D eigenvalue weighted by atomic mass is 10.0. The van der Waals surface area contributed by atoms with Crippen molar-refractivity contribution < 1.29 is 14.3 Å². The van der Waals surface area contributed by atoms with E-state index < -0.39 is 0 Å². The first-order valence-corrected chi connectivity index (χ1v) is 10.2. The molecule has 1 atom stereocenters. The zero-order valence-corrected chi connectivity index (χ0v) is 16.6. The summed E-state index contributed by atoms with van der Waals surface area (Å²) in [6, 6.07) is 14.1. The topological polar surface area (TPSA) is 50.8 Å². The van der Waals surface area contributed by atoms with Crippen LogP contribution < -0.4 is 14.8 Å². The molecule has 0 aromatic heterocycles. The highest BCUT2D eigenvalue weighted by Crippen LogP contribution is 2.37. The summed E-state index contributed by atoms with van der Waals surface area (Å²) in [4.78, 5) is 14.7. The first kappa shape index (κ1) is 19.1. The van der Waals surface area contributed by atoms with Crippen LogP contribution in [-0.4, -0.2) is 43.7 Å². The standard InChI is InChI=1S/C22H25ClN2O3/c23-18-4-1-3-16(13-18)8-9-24-22(26)15-25-10-2-5-19(25)17-6-7-20-21(14-17)28-12-11-27-20/h1,3-4,6-7,13-14,19H,2,5,8-12,15H2,(H,24,26)/t19-/m0/s1. The van der Waals surface area contributed by atoms with E-state index in [0.717, 1.165) is 47.9 Å². The maximum absolute atomic E-state index is 12.4. The van der Waals surface area contributed by atoms with Crippen LogP contribution in [0.4, 0.5) is 0 Å². The molecular weight excluding hydrogens is 376 g/mol. The Kier molecular flexibility index (Phi) is 6.03. The zero-order valence-electron chi connectivity index (χ0n) is 15.8. The van der Waals surface area contributed by atoms with E-state index in [0.29, 0.717) is 26.3 Å². The largest absolute Gasteiger partial charge is 0.486 e. The second kappa shape index (κ2) is 8.84. The smallest absolute Gasteiger partial charge is 0.234 e. The molecule has 0 bridgehead atoms. The second-order valence-electron chi connectivity index (χ2n) is 7.26. The van der Waals surface area contributed by atoms with Crippen LogP contribution in [0.3, 0.4) is 0 Å². The molecular formula is C22H25ClN2O3. The normalized spacial score (nSPS) is 18.8. The molecule has 0 unspecified atom stereocenters. The molecule has 2 aromatic rings. The molecule has 4 rings (SSSR count). The van der Waals surface area contributed by atoms with Crippen molar-refractivity contribution in [2.45, 2.75) is 25.3 Å². The molecule has 5 nitrogen and oxygen atoms in total. The number of ether oxygens (including phenoxy) is 2. The van der Waals surface area contributed by atoms with Gasteiger partial charge in [-0.05, 0) is 61.2 Å². The number of halogens is 1. The first-order chi connectivity index (χ1) is 13.7. The van der Waals surface area contributed by atoms with Gasteiger partial charge in [-0.2, -0.15) is 0 Å². The zero-order chi connectivity index (χ0) is 19.3. The molecule has 1 fully saturated rings. The highest BCUT2D eigenvalue weighted by molar-refractivity contribution is 6.30. The molecule has 2 aromatic carbocycles. The number of fused-ring (bicyclic) bond motifs is 1. The number of benzene rings is 2. The van der Waals surface area contributed by atoms with Gasteiger partial charge < -0.3 is 14.8 Å². The summed E-state index contributed by atoms with van der Waals surface area (Å²) in [6.07, 6.45) is 2.92. The highest BCUT2D eigenvalue weighted by atomic mass is 35.5. The van der Waals surface area contributed by atoms with E-state index in [9.17, 15) is 4.79 Å². The van der Waals surface area contributed by atoms with E-state index in [1.807, 2.05) is 30.3 Å². The van der Waals surface area contributed by atoms with Gasteiger partial charge in [0.1, 0.15) is 13.2 Å². The molecule has 0 aliphatic carbocycles. The Hall–Kier alpha value is -2.24. The van der Waals surface area contributed by atoms with E-state index in [2.05, 4.69) is 22.3 Å². The quantitative estimate of drug-likeness (QED) is 0.804. The van der Waals surface area contributed by atoms with Gasteiger partial charge in [-0.3, -0.25) is 9.69 Å². The molecule has 28 heavy (non-hydrogen) atoms. The predicted octanol–water partition coefficient (Wildman–Crippen LogP) is 3.61. The lowest BCUT2D eigenvalue weighted by Crippen LogP contribution is -2.37. The Balaban J connectivity index is 1.31. The lowest BCUT2D eigenvalue weighted by molar-refractivity contribution is -0.122. The maximum Gasteiger partial charge on any atom is 0.234 e. The number of nitrogens with one attached hydrogen (secondary N) is 1. The molecule has 1 saturated heterocycles. The van der Waals surface area contributed by atoms with Gasteiger partial charge in [0.15, 0.2) is 11.5 Å². The third kappa shape index (κ3) is 4.59. The van der Waals surface area contributed by atoms with Crippen LogP contribution in [0.25, 0.3) is 0 Å². The monoisotopic (exact) mass is 400 g/mol. The van der Waals surface area contributed by atoms with Gasteiger partial charge in [0, 0.05) is 17.6 Å². The van der Waals surface area contributed by atoms with E-state index in [1.165, 1.54) is 5.56 Å². The minimum absolute atomic E-state index is 0.0615. The van der Waals surface area contributed by atoms with Crippen molar-refractivity contribution in [3.63, 3.8) is 0 Å². The van der Waals surface area contributed by atoms with Crippen molar-refractivity contribution in [2.24, 2.45) is 0 Å². The Morgan fingerprint density at radius 3 is 2.86 bits per heavy atom. The van der Waals surface area contributed by atoms with E-state index in [1.54, 1.807) is 0 Å². The van der Waals surface area contributed by atoms with Crippen LogP contribution >= 0.6 is 11.6 Å².